The molecule has 0 radical (unpaired) electrons. The lowest BCUT2D eigenvalue weighted by Crippen LogP contribution is -2.49. The maximum absolute atomic E-state index is 12.8. The van der Waals surface area contributed by atoms with Crippen molar-refractivity contribution >= 4 is 11.8 Å². The molecule has 0 aromatic carbocycles. The Hall–Kier alpha value is -1.14. The molecular weight excluding hydrogens is 304 g/mol. The highest BCUT2D eigenvalue weighted by Gasteiger charge is 2.39. The highest BCUT2D eigenvalue weighted by molar-refractivity contribution is 5.89. The van der Waals surface area contributed by atoms with Crippen molar-refractivity contribution in [2.24, 2.45) is 5.92 Å². The third-order valence-corrected chi connectivity index (χ3v) is 6.04. The van der Waals surface area contributed by atoms with Gasteiger partial charge in [-0.25, -0.2) is 0 Å². The molecule has 1 N–H and O–H groups in total. The number of rotatable bonds is 5. The average molecular weight is 336 g/mol. The van der Waals surface area contributed by atoms with Crippen LogP contribution in [0.2, 0.25) is 0 Å². The predicted molar refractivity (Wildman–Crippen MR) is 93.6 cm³/mol. The van der Waals surface area contributed by atoms with Crippen LogP contribution in [0, 0.1) is 5.92 Å². The van der Waals surface area contributed by atoms with Crippen LogP contribution >= 0.6 is 0 Å². The zero-order valence-corrected chi connectivity index (χ0v) is 15.2. The number of likely N-dealkylation sites (N-methyl/N-ethyl adjacent to an activating group) is 2. The highest BCUT2D eigenvalue weighted by Crippen LogP contribution is 2.25. The smallest absolute Gasteiger partial charge is 0.228 e. The summed E-state index contributed by atoms with van der Waals surface area (Å²) in [6.07, 6.45) is 4.98. The van der Waals surface area contributed by atoms with E-state index in [2.05, 4.69) is 17.1 Å². The summed E-state index contributed by atoms with van der Waals surface area (Å²) in [4.78, 5) is 31.6. The summed E-state index contributed by atoms with van der Waals surface area (Å²) in [7, 11) is 1.96. The molecule has 24 heavy (non-hydrogen) atoms. The second-order valence-corrected chi connectivity index (χ2v) is 7.54. The van der Waals surface area contributed by atoms with Crippen LogP contribution < -0.4 is 5.32 Å². The maximum atomic E-state index is 12.8. The summed E-state index contributed by atoms with van der Waals surface area (Å²) < 4.78 is 0. The molecule has 0 bridgehead atoms. The number of carbonyl (C=O) groups is 2. The van der Waals surface area contributed by atoms with E-state index in [4.69, 9.17) is 0 Å². The number of piperidine rings is 1. The van der Waals surface area contributed by atoms with E-state index in [0.29, 0.717) is 25.0 Å². The lowest BCUT2D eigenvalue weighted by atomic mass is 10.0. The Morgan fingerprint density at radius 3 is 2.75 bits per heavy atom. The van der Waals surface area contributed by atoms with Crippen LogP contribution in [-0.4, -0.2) is 84.9 Å². The van der Waals surface area contributed by atoms with Gasteiger partial charge in [0.1, 0.15) is 0 Å². The molecule has 3 heterocycles. The first kappa shape index (κ1) is 17.7. The molecule has 2 amide bonds. The van der Waals surface area contributed by atoms with E-state index in [1.54, 1.807) is 0 Å². The Kier molecular flexibility index (Phi) is 5.76. The fourth-order valence-corrected chi connectivity index (χ4v) is 4.56. The minimum absolute atomic E-state index is 0.135. The minimum Gasteiger partial charge on any atom is -0.341 e. The Morgan fingerprint density at radius 2 is 2.00 bits per heavy atom. The van der Waals surface area contributed by atoms with Gasteiger partial charge in [0.2, 0.25) is 11.8 Å². The SMILES string of the molecule is CCN1CCCC1CN1CC(C(=O)N2CCCC(NC)C2)CC1=O. The van der Waals surface area contributed by atoms with Gasteiger partial charge >= 0.3 is 0 Å². The lowest BCUT2D eigenvalue weighted by molar-refractivity contribution is -0.137. The van der Waals surface area contributed by atoms with Gasteiger partial charge < -0.3 is 15.1 Å². The molecule has 0 spiro atoms. The van der Waals surface area contributed by atoms with Gasteiger partial charge in [0.05, 0.1) is 5.92 Å². The van der Waals surface area contributed by atoms with Crippen molar-refractivity contribution in [3.8, 4) is 0 Å². The Bertz CT molecular complexity index is 470. The van der Waals surface area contributed by atoms with Crippen molar-refractivity contribution in [2.75, 3.05) is 46.3 Å². The molecule has 3 aliphatic rings. The Morgan fingerprint density at radius 1 is 1.21 bits per heavy atom. The average Bonchev–Trinajstić information content (AvgIpc) is 3.21. The number of nitrogens with one attached hydrogen (secondary N) is 1. The fourth-order valence-electron chi connectivity index (χ4n) is 4.56. The zero-order valence-electron chi connectivity index (χ0n) is 15.2. The quantitative estimate of drug-likeness (QED) is 0.796. The van der Waals surface area contributed by atoms with Crippen LogP contribution in [0.25, 0.3) is 0 Å². The minimum atomic E-state index is -0.135. The summed E-state index contributed by atoms with van der Waals surface area (Å²) in [5.74, 6) is 0.215. The molecule has 6 heteroatoms. The van der Waals surface area contributed by atoms with Gasteiger partial charge in [-0.05, 0) is 45.8 Å². The third kappa shape index (κ3) is 3.75. The Labute approximate surface area is 145 Å². The molecule has 0 aromatic rings. The van der Waals surface area contributed by atoms with Gasteiger partial charge in [-0.3, -0.25) is 14.5 Å². The van der Waals surface area contributed by atoms with Gasteiger partial charge in [0.25, 0.3) is 0 Å². The van der Waals surface area contributed by atoms with Crippen LogP contribution in [0.4, 0.5) is 0 Å². The normalized spacial score (nSPS) is 31.9. The first-order valence-corrected chi connectivity index (χ1v) is 9.60. The molecule has 3 atom stereocenters. The van der Waals surface area contributed by atoms with E-state index in [1.807, 2.05) is 16.8 Å². The molecule has 3 rings (SSSR count). The van der Waals surface area contributed by atoms with E-state index in [9.17, 15) is 9.59 Å². The van der Waals surface area contributed by atoms with E-state index < -0.39 is 0 Å². The number of amides is 2. The topological polar surface area (TPSA) is 55.9 Å². The van der Waals surface area contributed by atoms with Crippen molar-refractivity contribution in [3.63, 3.8) is 0 Å². The first-order valence-electron chi connectivity index (χ1n) is 9.60. The van der Waals surface area contributed by atoms with Gasteiger partial charge in [0, 0.05) is 44.7 Å². The van der Waals surface area contributed by atoms with Crippen molar-refractivity contribution in [2.45, 2.75) is 51.1 Å². The first-order chi connectivity index (χ1) is 11.6. The van der Waals surface area contributed by atoms with Crippen molar-refractivity contribution < 1.29 is 9.59 Å². The molecule has 3 aliphatic heterocycles. The third-order valence-electron chi connectivity index (χ3n) is 6.04. The number of hydrogen-bond acceptors (Lipinski definition) is 4. The van der Waals surface area contributed by atoms with E-state index >= 15 is 0 Å². The highest BCUT2D eigenvalue weighted by atomic mass is 16.2. The van der Waals surface area contributed by atoms with Crippen LogP contribution in [-0.2, 0) is 9.59 Å². The van der Waals surface area contributed by atoms with Crippen LogP contribution in [0.15, 0.2) is 0 Å². The van der Waals surface area contributed by atoms with E-state index in [0.717, 1.165) is 45.6 Å². The summed E-state index contributed by atoms with van der Waals surface area (Å²) in [6, 6.07) is 0.879. The standard InChI is InChI=1S/C18H32N4O2/c1-3-20-8-5-7-16(20)13-22-11-14(10-17(22)23)18(24)21-9-4-6-15(12-21)19-2/h14-16,19H,3-13H2,1-2H3. The molecular formula is C18H32N4O2. The summed E-state index contributed by atoms with van der Waals surface area (Å²) in [6.45, 7) is 7.42. The number of likely N-dealkylation sites (tertiary alicyclic amines) is 3. The number of hydrogen-bond donors (Lipinski definition) is 1. The number of nitrogens with zero attached hydrogens (tertiary/aromatic N) is 3. The summed E-state index contributed by atoms with van der Waals surface area (Å²) in [5, 5.41) is 3.28. The maximum Gasteiger partial charge on any atom is 0.228 e. The largest absolute Gasteiger partial charge is 0.341 e. The second-order valence-electron chi connectivity index (χ2n) is 7.54. The summed E-state index contributed by atoms with van der Waals surface area (Å²) in [5.41, 5.74) is 0. The molecule has 0 saturated carbocycles. The molecule has 3 saturated heterocycles. The van der Waals surface area contributed by atoms with Gasteiger partial charge in [-0.15, -0.1) is 0 Å². The monoisotopic (exact) mass is 336 g/mol. The molecule has 3 fully saturated rings. The van der Waals surface area contributed by atoms with Gasteiger partial charge in [-0.1, -0.05) is 6.92 Å². The summed E-state index contributed by atoms with van der Waals surface area (Å²) >= 11 is 0. The molecule has 136 valence electrons. The number of carbonyl (C=O) groups excluding carboxylic acids is 2. The van der Waals surface area contributed by atoms with E-state index in [1.165, 1.54) is 12.8 Å². The zero-order chi connectivity index (χ0) is 17.1. The molecule has 0 aromatic heterocycles. The molecule has 0 aliphatic carbocycles. The van der Waals surface area contributed by atoms with Crippen LogP contribution in [0.5, 0.6) is 0 Å². The van der Waals surface area contributed by atoms with Crippen LogP contribution in [0.3, 0.4) is 0 Å². The lowest BCUT2D eigenvalue weighted by Gasteiger charge is -2.34. The Balaban J connectivity index is 1.55. The predicted octanol–water partition coefficient (Wildman–Crippen LogP) is 0.530. The van der Waals surface area contributed by atoms with Gasteiger partial charge in [-0.2, -0.15) is 0 Å². The molecule has 6 nitrogen and oxygen atoms in total. The molecule has 3 unspecified atom stereocenters. The second kappa shape index (κ2) is 7.83. The van der Waals surface area contributed by atoms with Crippen LogP contribution in [0.1, 0.15) is 39.0 Å². The van der Waals surface area contributed by atoms with Crippen molar-refractivity contribution in [1.82, 2.24) is 20.0 Å². The van der Waals surface area contributed by atoms with E-state index in [-0.39, 0.29) is 17.7 Å². The fraction of sp³-hybridized carbons (Fsp3) is 0.889. The van der Waals surface area contributed by atoms with Crippen molar-refractivity contribution in [1.29, 1.82) is 0 Å². The van der Waals surface area contributed by atoms with Gasteiger partial charge in [0.15, 0.2) is 0 Å². The van der Waals surface area contributed by atoms with Crippen molar-refractivity contribution in [3.05, 3.63) is 0 Å².